The Morgan fingerprint density at radius 2 is 1.92 bits per heavy atom. The van der Waals surface area contributed by atoms with Gasteiger partial charge in [-0.1, -0.05) is 6.07 Å². The summed E-state index contributed by atoms with van der Waals surface area (Å²) in [5.74, 6) is 0.117. The second kappa shape index (κ2) is 9.20. The summed E-state index contributed by atoms with van der Waals surface area (Å²) >= 11 is 3.06. The van der Waals surface area contributed by atoms with Crippen molar-refractivity contribution in [2.75, 3.05) is 16.7 Å². The van der Waals surface area contributed by atoms with Crippen LogP contribution in [-0.4, -0.2) is 38.3 Å². The molecule has 0 spiro atoms. The lowest BCUT2D eigenvalue weighted by Gasteiger charge is -2.12. The monoisotopic (exact) mass is 413 g/mol. The Morgan fingerprint density at radius 1 is 1.23 bits per heavy atom. The Balaban J connectivity index is 1.83. The summed E-state index contributed by atoms with van der Waals surface area (Å²) in [4.78, 5) is 25.4. The van der Waals surface area contributed by atoms with Gasteiger partial charge in [-0.15, -0.1) is 23.1 Å². The van der Waals surface area contributed by atoms with Crippen molar-refractivity contribution in [1.29, 1.82) is 0 Å². The molecule has 0 bridgehead atoms. The van der Waals surface area contributed by atoms with Crippen LogP contribution in [0.4, 0.5) is 5.69 Å². The lowest BCUT2D eigenvalue weighted by atomic mass is 10.1. The van der Waals surface area contributed by atoms with Crippen LogP contribution in [0.3, 0.4) is 0 Å². The van der Waals surface area contributed by atoms with Crippen molar-refractivity contribution in [2.45, 2.75) is 18.8 Å². The number of Topliss-reactive ketones (excluding diaryl/α,β-unsaturated/α-hetero) is 1. The van der Waals surface area contributed by atoms with Gasteiger partial charge in [-0.2, -0.15) is 0 Å². The normalized spacial score (nSPS) is 12.4. The summed E-state index contributed by atoms with van der Waals surface area (Å²) in [6, 6.07) is 9.91. The molecular weight excluding hydrogens is 394 g/mol. The van der Waals surface area contributed by atoms with E-state index in [1.54, 1.807) is 11.3 Å². The third kappa shape index (κ3) is 6.81. The first kappa shape index (κ1) is 20.5. The highest BCUT2D eigenvalue weighted by molar-refractivity contribution is 7.99. The van der Waals surface area contributed by atoms with E-state index in [9.17, 15) is 18.0 Å². The van der Waals surface area contributed by atoms with Crippen molar-refractivity contribution in [3.8, 4) is 0 Å². The largest absolute Gasteiger partial charge is 0.454 e. The average Bonchev–Trinajstić information content (AvgIpc) is 3.06. The Labute approximate surface area is 161 Å². The molecule has 1 aromatic heterocycles. The molecule has 0 aliphatic heterocycles. The van der Waals surface area contributed by atoms with Gasteiger partial charge in [-0.25, -0.2) is 8.42 Å². The number of carbonyl (C=O) groups excluding carboxylic acids is 2. The molecule has 1 aromatic carbocycles. The van der Waals surface area contributed by atoms with E-state index in [0.717, 1.165) is 12.0 Å². The third-order valence-corrected chi connectivity index (χ3v) is 5.82. The number of esters is 1. The zero-order valence-corrected chi connectivity index (χ0v) is 16.7. The van der Waals surface area contributed by atoms with Gasteiger partial charge in [-0.3, -0.25) is 14.3 Å². The van der Waals surface area contributed by atoms with Gasteiger partial charge in [0.25, 0.3) is 0 Å². The minimum absolute atomic E-state index is 0.173. The van der Waals surface area contributed by atoms with Crippen LogP contribution < -0.4 is 4.72 Å². The van der Waals surface area contributed by atoms with Crippen LogP contribution in [0.25, 0.3) is 0 Å². The highest BCUT2D eigenvalue weighted by Crippen LogP contribution is 2.18. The second-order valence-electron chi connectivity index (χ2n) is 5.52. The van der Waals surface area contributed by atoms with Crippen LogP contribution in [0.2, 0.25) is 0 Å². The number of hydrogen-bond donors (Lipinski definition) is 1. The number of ether oxygens (including phenoxy) is 1. The molecule has 0 unspecified atom stereocenters. The van der Waals surface area contributed by atoms with E-state index in [4.69, 9.17) is 4.74 Å². The predicted octanol–water partition coefficient (Wildman–Crippen LogP) is 3.17. The maximum absolute atomic E-state index is 12.3. The molecule has 2 rings (SSSR count). The Morgan fingerprint density at radius 3 is 2.50 bits per heavy atom. The smallest absolute Gasteiger partial charge is 0.316 e. The zero-order chi connectivity index (χ0) is 19.2. The number of hydrogen-bond acceptors (Lipinski definition) is 7. The van der Waals surface area contributed by atoms with Gasteiger partial charge >= 0.3 is 5.97 Å². The molecule has 0 saturated carbocycles. The number of rotatable bonds is 9. The number of carbonyl (C=O) groups is 2. The second-order valence-corrected chi connectivity index (χ2v) is 9.29. The van der Waals surface area contributed by atoms with Gasteiger partial charge in [0, 0.05) is 21.9 Å². The van der Waals surface area contributed by atoms with E-state index >= 15 is 0 Å². The lowest BCUT2D eigenvalue weighted by molar-refractivity contribution is -0.143. The minimum atomic E-state index is -3.37. The van der Waals surface area contributed by atoms with E-state index in [2.05, 4.69) is 4.72 Å². The molecular formula is C17H19NO5S3. The van der Waals surface area contributed by atoms with E-state index in [1.165, 1.54) is 47.8 Å². The minimum Gasteiger partial charge on any atom is -0.454 e. The molecule has 6 nitrogen and oxygen atoms in total. The Kier molecular flexibility index (Phi) is 7.24. The third-order valence-electron chi connectivity index (χ3n) is 3.19. The fourth-order valence-corrected chi connectivity index (χ4v) is 4.28. The zero-order valence-electron chi connectivity index (χ0n) is 14.3. The molecule has 9 heteroatoms. The molecule has 0 radical (unpaired) electrons. The number of thiophene rings is 1. The molecule has 26 heavy (non-hydrogen) atoms. The van der Waals surface area contributed by atoms with Crippen molar-refractivity contribution in [3.63, 3.8) is 0 Å². The number of benzene rings is 1. The van der Waals surface area contributed by atoms with Gasteiger partial charge in [0.05, 0.1) is 12.0 Å². The van der Waals surface area contributed by atoms with Crippen molar-refractivity contribution in [2.24, 2.45) is 0 Å². The summed E-state index contributed by atoms with van der Waals surface area (Å²) in [6.45, 7) is 1.52. The Hall–Kier alpha value is -1.84. The van der Waals surface area contributed by atoms with Gasteiger partial charge in [0.1, 0.15) is 0 Å². The number of sulfonamides is 1. The first-order chi connectivity index (χ1) is 12.2. The van der Waals surface area contributed by atoms with Gasteiger partial charge in [0.15, 0.2) is 6.10 Å². The highest BCUT2D eigenvalue weighted by atomic mass is 32.2. The number of anilines is 1. The highest BCUT2D eigenvalue weighted by Gasteiger charge is 2.19. The topological polar surface area (TPSA) is 89.5 Å². The first-order valence-corrected chi connectivity index (χ1v) is 11.6. The molecule has 1 N–H and O–H groups in total. The molecule has 2 aromatic rings. The predicted molar refractivity (Wildman–Crippen MR) is 105 cm³/mol. The summed E-state index contributed by atoms with van der Waals surface area (Å²) in [5.41, 5.74) is 0.703. The number of thioether (sulfide) groups is 1. The van der Waals surface area contributed by atoms with Crippen LogP contribution in [0.5, 0.6) is 0 Å². The van der Waals surface area contributed by atoms with Crippen LogP contribution in [0.15, 0.2) is 41.8 Å². The Bertz CT molecular complexity index is 845. The summed E-state index contributed by atoms with van der Waals surface area (Å²) in [7, 11) is -3.37. The summed E-state index contributed by atoms with van der Waals surface area (Å²) in [5, 5.41) is 1.98. The van der Waals surface area contributed by atoms with Crippen molar-refractivity contribution < 1.29 is 22.7 Å². The lowest BCUT2D eigenvalue weighted by Crippen LogP contribution is -2.25. The molecule has 0 fully saturated rings. The number of nitrogens with one attached hydrogen (secondary N) is 1. The molecule has 0 aliphatic carbocycles. The maximum atomic E-state index is 12.3. The van der Waals surface area contributed by atoms with Crippen LogP contribution in [0.1, 0.15) is 22.2 Å². The van der Waals surface area contributed by atoms with Gasteiger partial charge in [0.2, 0.25) is 15.8 Å². The summed E-state index contributed by atoms with van der Waals surface area (Å²) < 4.78 is 29.8. The molecule has 1 heterocycles. The standard InChI is InChI=1S/C17H19NO5S3/c1-12(23-16(19)11-24-10-15-4-3-9-25-15)17(20)13-5-7-14(8-6-13)18-26(2,21)22/h3-9,12,18H,10-11H2,1-2H3/t12-/m1/s1. The van der Waals surface area contributed by atoms with Crippen LogP contribution in [0, 0.1) is 0 Å². The van der Waals surface area contributed by atoms with E-state index < -0.39 is 22.1 Å². The fraction of sp³-hybridized carbons (Fsp3) is 0.294. The van der Waals surface area contributed by atoms with Crippen molar-refractivity contribution in [3.05, 3.63) is 52.2 Å². The van der Waals surface area contributed by atoms with Crippen molar-refractivity contribution in [1.82, 2.24) is 0 Å². The molecule has 1 atom stereocenters. The number of ketones is 1. The molecule has 140 valence electrons. The van der Waals surface area contributed by atoms with Crippen LogP contribution in [-0.2, 0) is 25.3 Å². The maximum Gasteiger partial charge on any atom is 0.316 e. The van der Waals surface area contributed by atoms with Crippen LogP contribution >= 0.6 is 23.1 Å². The molecule has 0 amide bonds. The first-order valence-electron chi connectivity index (χ1n) is 7.66. The fourth-order valence-electron chi connectivity index (χ4n) is 2.07. The van der Waals surface area contributed by atoms with Gasteiger partial charge in [-0.05, 0) is 42.6 Å². The molecule has 0 aliphatic rings. The van der Waals surface area contributed by atoms with E-state index in [-0.39, 0.29) is 11.5 Å². The van der Waals surface area contributed by atoms with E-state index in [1.807, 2.05) is 17.5 Å². The molecule has 0 saturated heterocycles. The van der Waals surface area contributed by atoms with Gasteiger partial charge < -0.3 is 4.74 Å². The van der Waals surface area contributed by atoms with Crippen molar-refractivity contribution >= 4 is 50.6 Å². The quantitative estimate of drug-likeness (QED) is 0.502. The SMILES string of the molecule is C[C@@H](OC(=O)CSCc1cccs1)C(=O)c1ccc(NS(C)(=O)=O)cc1. The van der Waals surface area contributed by atoms with E-state index in [0.29, 0.717) is 11.3 Å². The average molecular weight is 414 g/mol. The summed E-state index contributed by atoms with van der Waals surface area (Å²) in [6.07, 6.45) is 0.142.